The molecule has 1 aromatic carbocycles. The first-order valence-electron chi connectivity index (χ1n) is 8.12. The number of aromatic nitrogens is 1. The van der Waals surface area contributed by atoms with Crippen molar-refractivity contribution in [3.8, 4) is 11.1 Å². The van der Waals surface area contributed by atoms with Crippen LogP contribution in [0.2, 0.25) is 0 Å². The molecule has 0 aliphatic carbocycles. The molecule has 22 heavy (non-hydrogen) atoms. The first-order chi connectivity index (χ1) is 10.8. The van der Waals surface area contributed by atoms with E-state index >= 15 is 0 Å². The Morgan fingerprint density at radius 1 is 1.23 bits per heavy atom. The van der Waals surface area contributed by atoms with E-state index < -0.39 is 0 Å². The molecule has 0 bridgehead atoms. The second kappa shape index (κ2) is 7.52. The van der Waals surface area contributed by atoms with E-state index in [9.17, 15) is 0 Å². The van der Waals surface area contributed by atoms with Gasteiger partial charge in [-0.1, -0.05) is 24.3 Å². The van der Waals surface area contributed by atoms with E-state index in [-0.39, 0.29) is 0 Å². The molecule has 3 heteroatoms. The summed E-state index contributed by atoms with van der Waals surface area (Å²) in [5, 5.41) is 3.66. The summed E-state index contributed by atoms with van der Waals surface area (Å²) < 4.78 is 5.46. The lowest BCUT2D eigenvalue weighted by Gasteiger charge is -2.18. The van der Waals surface area contributed by atoms with Crippen molar-refractivity contribution in [1.29, 1.82) is 0 Å². The zero-order chi connectivity index (χ0) is 15.2. The first-order valence-corrected chi connectivity index (χ1v) is 8.12. The summed E-state index contributed by atoms with van der Waals surface area (Å²) in [6, 6.07) is 13.2. The summed E-state index contributed by atoms with van der Waals surface area (Å²) in [6.45, 7) is 5.03. The van der Waals surface area contributed by atoms with Crippen LogP contribution in [0.25, 0.3) is 11.1 Å². The molecule has 2 unspecified atom stereocenters. The van der Waals surface area contributed by atoms with Crippen LogP contribution in [-0.2, 0) is 11.3 Å². The Labute approximate surface area is 132 Å². The maximum absolute atomic E-state index is 5.46. The van der Waals surface area contributed by atoms with Crippen LogP contribution in [0.1, 0.15) is 25.3 Å². The summed E-state index contributed by atoms with van der Waals surface area (Å²) in [7, 11) is 0. The van der Waals surface area contributed by atoms with Gasteiger partial charge in [0.2, 0.25) is 0 Å². The molecule has 1 aliphatic heterocycles. The van der Waals surface area contributed by atoms with E-state index in [0.29, 0.717) is 6.04 Å². The Balaban J connectivity index is 1.63. The zero-order valence-electron chi connectivity index (χ0n) is 13.2. The van der Waals surface area contributed by atoms with Crippen molar-refractivity contribution in [2.75, 3.05) is 13.2 Å². The third-order valence-electron chi connectivity index (χ3n) is 4.36. The fourth-order valence-corrected chi connectivity index (χ4v) is 3.12. The Hall–Kier alpha value is -1.71. The maximum atomic E-state index is 5.46. The van der Waals surface area contributed by atoms with Gasteiger partial charge in [-0.05, 0) is 54.5 Å². The molecular weight excluding hydrogens is 272 g/mol. The monoisotopic (exact) mass is 296 g/mol. The minimum absolute atomic E-state index is 0.511. The Morgan fingerprint density at radius 2 is 2.05 bits per heavy atom. The Bertz CT molecular complexity index is 579. The van der Waals surface area contributed by atoms with E-state index in [4.69, 9.17) is 4.74 Å². The van der Waals surface area contributed by atoms with Gasteiger partial charge in [-0.2, -0.15) is 0 Å². The van der Waals surface area contributed by atoms with E-state index in [1.165, 1.54) is 29.5 Å². The van der Waals surface area contributed by atoms with Gasteiger partial charge in [-0.15, -0.1) is 0 Å². The molecule has 0 spiro atoms. The highest BCUT2D eigenvalue weighted by Crippen LogP contribution is 2.23. The average Bonchev–Trinajstić information content (AvgIpc) is 3.07. The van der Waals surface area contributed by atoms with Gasteiger partial charge in [0.25, 0.3) is 0 Å². The number of hydrogen-bond donors (Lipinski definition) is 1. The van der Waals surface area contributed by atoms with Crippen molar-refractivity contribution in [2.45, 2.75) is 32.4 Å². The molecule has 3 nitrogen and oxygen atoms in total. The molecule has 1 aromatic heterocycles. The molecule has 0 saturated carbocycles. The summed E-state index contributed by atoms with van der Waals surface area (Å²) in [5.74, 6) is 0.720. The molecule has 1 aliphatic rings. The topological polar surface area (TPSA) is 34.1 Å². The van der Waals surface area contributed by atoms with Crippen LogP contribution in [0.15, 0.2) is 48.8 Å². The zero-order valence-corrected chi connectivity index (χ0v) is 13.2. The molecule has 116 valence electrons. The quantitative estimate of drug-likeness (QED) is 0.883. The third-order valence-corrected chi connectivity index (χ3v) is 4.36. The number of nitrogens with one attached hydrogen (secondary N) is 1. The predicted molar refractivity (Wildman–Crippen MR) is 89.5 cm³/mol. The smallest absolute Gasteiger partial charge is 0.0495 e. The molecule has 1 saturated heterocycles. The number of benzene rings is 1. The van der Waals surface area contributed by atoms with Crippen LogP contribution < -0.4 is 5.32 Å². The summed E-state index contributed by atoms with van der Waals surface area (Å²) in [6.07, 6.45) is 6.10. The van der Waals surface area contributed by atoms with Gasteiger partial charge in [0.05, 0.1) is 0 Å². The number of pyridine rings is 1. The largest absolute Gasteiger partial charge is 0.381 e. The normalized spacial score (nSPS) is 19.2. The number of nitrogens with zero attached hydrogens (tertiary/aromatic N) is 1. The molecule has 2 atom stereocenters. The minimum atomic E-state index is 0.511. The molecule has 1 N–H and O–H groups in total. The van der Waals surface area contributed by atoms with Gasteiger partial charge in [-0.25, -0.2) is 0 Å². The van der Waals surface area contributed by atoms with Crippen LogP contribution in [0.4, 0.5) is 0 Å². The van der Waals surface area contributed by atoms with E-state index in [2.05, 4.69) is 53.6 Å². The summed E-state index contributed by atoms with van der Waals surface area (Å²) >= 11 is 0. The highest BCUT2D eigenvalue weighted by Gasteiger charge is 2.18. The Morgan fingerprint density at radius 3 is 2.82 bits per heavy atom. The number of hydrogen-bond acceptors (Lipinski definition) is 3. The van der Waals surface area contributed by atoms with E-state index in [1.54, 1.807) is 0 Å². The van der Waals surface area contributed by atoms with Crippen molar-refractivity contribution >= 4 is 0 Å². The average molecular weight is 296 g/mol. The Kier molecular flexibility index (Phi) is 5.20. The lowest BCUT2D eigenvalue weighted by Crippen LogP contribution is -2.28. The SMILES string of the molecule is CC(CC1CCOC1)NCc1ccccc1-c1ccncc1. The number of ether oxygens (including phenoxy) is 1. The van der Waals surface area contributed by atoms with Gasteiger partial charge < -0.3 is 10.1 Å². The molecule has 0 amide bonds. The van der Waals surface area contributed by atoms with Gasteiger partial charge in [0, 0.05) is 38.2 Å². The second-order valence-corrected chi connectivity index (χ2v) is 6.14. The van der Waals surface area contributed by atoms with Crippen molar-refractivity contribution in [3.05, 3.63) is 54.4 Å². The van der Waals surface area contributed by atoms with Crippen molar-refractivity contribution in [2.24, 2.45) is 5.92 Å². The fourth-order valence-electron chi connectivity index (χ4n) is 3.12. The van der Waals surface area contributed by atoms with Crippen molar-refractivity contribution in [1.82, 2.24) is 10.3 Å². The van der Waals surface area contributed by atoms with Gasteiger partial charge >= 0.3 is 0 Å². The molecular formula is C19H24N2O. The molecule has 3 rings (SSSR count). The molecule has 2 heterocycles. The first kappa shape index (κ1) is 15.2. The summed E-state index contributed by atoms with van der Waals surface area (Å²) in [4.78, 5) is 4.10. The molecule has 2 aromatic rings. The molecule has 1 fully saturated rings. The van der Waals surface area contributed by atoms with Gasteiger partial charge in [0.1, 0.15) is 0 Å². The highest BCUT2D eigenvalue weighted by atomic mass is 16.5. The predicted octanol–water partition coefficient (Wildman–Crippen LogP) is 3.65. The second-order valence-electron chi connectivity index (χ2n) is 6.14. The third kappa shape index (κ3) is 3.93. The lowest BCUT2D eigenvalue weighted by molar-refractivity contribution is 0.182. The van der Waals surface area contributed by atoms with Crippen LogP contribution in [0, 0.1) is 5.92 Å². The van der Waals surface area contributed by atoms with E-state index in [0.717, 1.165) is 25.7 Å². The van der Waals surface area contributed by atoms with Crippen molar-refractivity contribution < 1.29 is 4.74 Å². The van der Waals surface area contributed by atoms with Crippen LogP contribution >= 0.6 is 0 Å². The summed E-state index contributed by atoms with van der Waals surface area (Å²) in [5.41, 5.74) is 3.85. The van der Waals surface area contributed by atoms with Crippen LogP contribution in [0.5, 0.6) is 0 Å². The van der Waals surface area contributed by atoms with Crippen LogP contribution in [-0.4, -0.2) is 24.2 Å². The number of rotatable bonds is 6. The molecule has 0 radical (unpaired) electrons. The van der Waals surface area contributed by atoms with Crippen molar-refractivity contribution in [3.63, 3.8) is 0 Å². The van der Waals surface area contributed by atoms with Gasteiger partial charge in [-0.3, -0.25) is 4.98 Å². The fraction of sp³-hybridized carbons (Fsp3) is 0.421. The van der Waals surface area contributed by atoms with E-state index in [1.807, 2.05) is 12.4 Å². The lowest BCUT2D eigenvalue weighted by atomic mass is 9.98. The highest BCUT2D eigenvalue weighted by molar-refractivity contribution is 5.66. The standard InChI is InChI=1S/C19H24N2O/c1-15(12-16-8-11-22-14-16)21-13-18-4-2-3-5-19(18)17-6-9-20-10-7-17/h2-7,9-10,15-16,21H,8,11-14H2,1H3. The maximum Gasteiger partial charge on any atom is 0.0495 e. The minimum Gasteiger partial charge on any atom is -0.381 e. The van der Waals surface area contributed by atoms with Gasteiger partial charge in [0.15, 0.2) is 0 Å². The van der Waals surface area contributed by atoms with Crippen LogP contribution in [0.3, 0.4) is 0 Å².